The van der Waals surface area contributed by atoms with Gasteiger partial charge in [-0.25, -0.2) is 4.79 Å². The van der Waals surface area contributed by atoms with Crippen LogP contribution in [0.25, 0.3) is 0 Å². The topological polar surface area (TPSA) is 41.6 Å². The van der Waals surface area contributed by atoms with Crippen LogP contribution in [0.2, 0.25) is 0 Å². The molecular weight excluding hydrogens is 379 g/mol. The lowest BCUT2D eigenvalue weighted by Gasteiger charge is -2.31. The average molecular weight is 402 g/mol. The lowest BCUT2D eigenvalue weighted by Crippen LogP contribution is -2.44. The van der Waals surface area contributed by atoms with Crippen molar-refractivity contribution in [1.82, 2.24) is 5.32 Å². The summed E-state index contributed by atoms with van der Waals surface area (Å²) in [5.41, 5.74) is 2.35. The fourth-order valence-electron chi connectivity index (χ4n) is 2.44. The Hall–Kier alpha value is -0.820. The maximum absolute atomic E-state index is 12.4. The van der Waals surface area contributed by atoms with Gasteiger partial charge in [0.25, 0.3) is 0 Å². The number of ether oxygens (including phenoxy) is 1. The summed E-state index contributed by atoms with van der Waals surface area (Å²) in [5, 5.41) is 3.35. The van der Waals surface area contributed by atoms with Gasteiger partial charge >= 0.3 is 5.97 Å². The summed E-state index contributed by atoms with van der Waals surface area (Å²) < 4.78 is 6.59. The van der Waals surface area contributed by atoms with E-state index in [1.54, 1.807) is 0 Å². The van der Waals surface area contributed by atoms with Gasteiger partial charge in [0.2, 0.25) is 0 Å². The van der Waals surface area contributed by atoms with E-state index in [1.807, 2.05) is 33.8 Å². The molecule has 5 heteroatoms. The molecule has 1 fully saturated rings. The number of esters is 1. The third-order valence-electron chi connectivity index (χ3n) is 3.42. The van der Waals surface area contributed by atoms with Crippen molar-refractivity contribution in [2.24, 2.45) is 0 Å². The van der Waals surface area contributed by atoms with Crippen molar-refractivity contribution in [3.63, 3.8) is 0 Å². The van der Waals surface area contributed by atoms with Gasteiger partial charge in [-0.05, 0) is 68.0 Å². The number of nitrogens with zero attached hydrogens (tertiary/aromatic N) is 1. The Labute approximate surface area is 140 Å². The number of carbonyl (C=O) groups excluding carboxylic acids is 1. The predicted molar refractivity (Wildman–Crippen MR) is 94.1 cm³/mol. The van der Waals surface area contributed by atoms with Crippen molar-refractivity contribution >= 4 is 34.2 Å². The number of halogens is 1. The molecule has 1 heterocycles. The molecule has 0 aliphatic carbocycles. The first kappa shape index (κ1) is 16.5. The fourth-order valence-corrected chi connectivity index (χ4v) is 3.05. The zero-order chi connectivity index (χ0) is 15.6. The Morgan fingerprint density at radius 1 is 1.29 bits per heavy atom. The van der Waals surface area contributed by atoms with Gasteiger partial charge in [-0.2, -0.15) is 0 Å². The molecule has 0 amide bonds. The van der Waals surface area contributed by atoms with Crippen molar-refractivity contribution in [2.75, 3.05) is 31.1 Å². The van der Waals surface area contributed by atoms with E-state index in [2.05, 4.69) is 38.9 Å². The second kappa shape index (κ2) is 6.52. The van der Waals surface area contributed by atoms with Crippen LogP contribution in [0.1, 0.15) is 36.7 Å². The van der Waals surface area contributed by atoms with E-state index in [1.165, 1.54) is 0 Å². The highest BCUT2D eigenvalue weighted by Crippen LogP contribution is 2.28. The van der Waals surface area contributed by atoms with Gasteiger partial charge in [0.15, 0.2) is 0 Å². The molecule has 2 rings (SSSR count). The van der Waals surface area contributed by atoms with Gasteiger partial charge in [-0.3, -0.25) is 0 Å². The largest absolute Gasteiger partial charge is 0.456 e. The number of benzene rings is 1. The second-order valence-electron chi connectivity index (χ2n) is 6.34. The van der Waals surface area contributed by atoms with Crippen LogP contribution in [0.15, 0.2) is 12.1 Å². The van der Waals surface area contributed by atoms with Gasteiger partial charge in [0.1, 0.15) is 5.60 Å². The quantitative estimate of drug-likeness (QED) is 0.610. The number of hydrogen-bond donors (Lipinski definition) is 1. The molecule has 1 aromatic rings. The average Bonchev–Trinajstić information content (AvgIpc) is 2.40. The Kier molecular flexibility index (Phi) is 5.14. The molecular formula is C16H23IN2O2. The summed E-state index contributed by atoms with van der Waals surface area (Å²) in [5.74, 6) is -0.241. The Morgan fingerprint density at radius 2 is 1.90 bits per heavy atom. The highest BCUT2D eigenvalue weighted by molar-refractivity contribution is 14.1. The number of anilines is 1. The molecule has 4 nitrogen and oxygen atoms in total. The highest BCUT2D eigenvalue weighted by Gasteiger charge is 2.23. The minimum atomic E-state index is -0.472. The molecule has 0 spiro atoms. The van der Waals surface area contributed by atoms with Gasteiger partial charge < -0.3 is 15.0 Å². The van der Waals surface area contributed by atoms with E-state index in [9.17, 15) is 4.79 Å². The monoisotopic (exact) mass is 402 g/mol. The summed E-state index contributed by atoms with van der Waals surface area (Å²) in [7, 11) is 0. The van der Waals surface area contributed by atoms with Crippen molar-refractivity contribution in [3.8, 4) is 0 Å². The maximum atomic E-state index is 12.4. The fraction of sp³-hybridized carbons (Fsp3) is 0.562. The predicted octanol–water partition coefficient (Wildman–Crippen LogP) is 2.96. The lowest BCUT2D eigenvalue weighted by atomic mass is 10.0. The van der Waals surface area contributed by atoms with E-state index >= 15 is 0 Å². The van der Waals surface area contributed by atoms with E-state index < -0.39 is 5.60 Å². The zero-order valence-corrected chi connectivity index (χ0v) is 15.3. The Morgan fingerprint density at radius 3 is 2.48 bits per heavy atom. The van der Waals surface area contributed by atoms with Crippen LogP contribution in [-0.4, -0.2) is 37.7 Å². The molecule has 0 bridgehead atoms. The van der Waals surface area contributed by atoms with Crippen molar-refractivity contribution in [3.05, 3.63) is 26.8 Å². The van der Waals surface area contributed by atoms with Crippen molar-refractivity contribution in [2.45, 2.75) is 33.3 Å². The number of nitrogens with one attached hydrogen (secondary N) is 1. The van der Waals surface area contributed by atoms with Gasteiger partial charge in [-0.1, -0.05) is 0 Å². The van der Waals surface area contributed by atoms with Crippen LogP contribution in [0.5, 0.6) is 0 Å². The summed E-state index contributed by atoms with van der Waals surface area (Å²) in [4.78, 5) is 14.7. The van der Waals surface area contributed by atoms with Crippen LogP contribution in [0.4, 0.5) is 5.69 Å². The smallest absolute Gasteiger partial charge is 0.339 e. The maximum Gasteiger partial charge on any atom is 0.339 e. The molecule has 0 radical (unpaired) electrons. The summed E-state index contributed by atoms with van der Waals surface area (Å²) in [6.45, 7) is 11.6. The van der Waals surface area contributed by atoms with Crippen LogP contribution in [0, 0.1) is 10.5 Å². The SMILES string of the molecule is Cc1c(C(=O)OC(C)(C)C)cc(I)cc1N1CCNCC1. The van der Waals surface area contributed by atoms with Crippen LogP contribution in [-0.2, 0) is 4.74 Å². The number of hydrogen-bond acceptors (Lipinski definition) is 4. The standard InChI is InChI=1S/C16H23IN2O2/c1-11-13(15(20)21-16(2,3)4)9-12(17)10-14(11)19-7-5-18-6-8-19/h9-10,18H,5-8H2,1-4H3. The minimum absolute atomic E-state index is 0.241. The molecule has 1 aromatic carbocycles. The normalized spacial score (nSPS) is 16.0. The van der Waals surface area contributed by atoms with Crippen LogP contribution >= 0.6 is 22.6 Å². The summed E-state index contributed by atoms with van der Waals surface area (Å²) >= 11 is 2.26. The van der Waals surface area contributed by atoms with Gasteiger partial charge in [0, 0.05) is 35.4 Å². The molecule has 0 unspecified atom stereocenters. The molecule has 21 heavy (non-hydrogen) atoms. The Bertz CT molecular complexity index is 532. The molecule has 0 atom stereocenters. The third kappa shape index (κ3) is 4.32. The number of piperazine rings is 1. The first-order chi connectivity index (χ1) is 9.78. The highest BCUT2D eigenvalue weighted by atomic mass is 127. The minimum Gasteiger partial charge on any atom is -0.456 e. The summed E-state index contributed by atoms with van der Waals surface area (Å²) in [6.07, 6.45) is 0. The van der Waals surface area contributed by atoms with Crippen LogP contribution < -0.4 is 10.2 Å². The van der Waals surface area contributed by atoms with E-state index in [0.717, 1.165) is 41.0 Å². The third-order valence-corrected chi connectivity index (χ3v) is 4.04. The lowest BCUT2D eigenvalue weighted by molar-refractivity contribution is 0.00687. The molecule has 1 N–H and O–H groups in total. The molecule has 0 saturated carbocycles. The van der Waals surface area contributed by atoms with Crippen molar-refractivity contribution in [1.29, 1.82) is 0 Å². The molecule has 1 aliphatic heterocycles. The van der Waals surface area contributed by atoms with Gasteiger partial charge in [-0.15, -0.1) is 0 Å². The van der Waals surface area contributed by atoms with Crippen LogP contribution in [0.3, 0.4) is 0 Å². The molecule has 0 aromatic heterocycles. The molecule has 1 saturated heterocycles. The Balaban J connectivity index is 2.34. The van der Waals surface area contributed by atoms with Gasteiger partial charge in [0.05, 0.1) is 5.56 Å². The van der Waals surface area contributed by atoms with E-state index in [4.69, 9.17) is 4.74 Å². The number of rotatable bonds is 2. The number of carbonyl (C=O) groups is 1. The van der Waals surface area contributed by atoms with E-state index in [0.29, 0.717) is 5.56 Å². The van der Waals surface area contributed by atoms with E-state index in [-0.39, 0.29) is 5.97 Å². The first-order valence-corrected chi connectivity index (χ1v) is 8.35. The molecule has 1 aliphatic rings. The zero-order valence-electron chi connectivity index (χ0n) is 13.1. The first-order valence-electron chi connectivity index (χ1n) is 7.27. The molecule has 116 valence electrons. The van der Waals surface area contributed by atoms with Crippen molar-refractivity contribution < 1.29 is 9.53 Å². The summed E-state index contributed by atoms with van der Waals surface area (Å²) in [6, 6.07) is 4.06. The second-order valence-corrected chi connectivity index (χ2v) is 7.58.